The van der Waals surface area contributed by atoms with Crippen LogP contribution in [0.4, 0.5) is 0 Å². The van der Waals surface area contributed by atoms with E-state index in [1.165, 1.54) is 12.8 Å². The van der Waals surface area contributed by atoms with E-state index in [9.17, 15) is 5.11 Å². The summed E-state index contributed by atoms with van der Waals surface area (Å²) < 4.78 is 5.76. The van der Waals surface area contributed by atoms with E-state index in [2.05, 4.69) is 18.7 Å². The third kappa shape index (κ3) is 2.99. The Morgan fingerprint density at radius 3 is 2.25 bits per heavy atom. The molecule has 0 aromatic heterocycles. The Labute approximate surface area is 121 Å². The molecule has 3 rings (SSSR count). The molecule has 0 atom stereocenters. The normalized spacial score (nSPS) is 23.0. The van der Waals surface area contributed by atoms with Crippen LogP contribution in [-0.4, -0.2) is 35.2 Å². The Morgan fingerprint density at radius 2 is 1.75 bits per heavy atom. The quantitative estimate of drug-likeness (QED) is 0.917. The summed E-state index contributed by atoms with van der Waals surface area (Å²) in [5.41, 5.74) is 0.368. The lowest BCUT2D eigenvalue weighted by atomic mass is 9.84. The second kappa shape index (κ2) is 5.38. The highest BCUT2D eigenvalue weighted by molar-refractivity contribution is 5.31. The molecule has 20 heavy (non-hydrogen) atoms. The number of likely N-dealkylation sites (tertiary alicyclic amines) is 1. The van der Waals surface area contributed by atoms with Gasteiger partial charge < -0.3 is 14.7 Å². The number of benzene rings is 1. The Kier molecular flexibility index (Phi) is 3.74. The topological polar surface area (TPSA) is 32.7 Å². The van der Waals surface area contributed by atoms with E-state index in [1.807, 2.05) is 24.3 Å². The van der Waals surface area contributed by atoms with Crippen LogP contribution in [0, 0.1) is 0 Å². The molecular formula is C17H25NO2. The molecule has 1 aliphatic carbocycles. The first kappa shape index (κ1) is 13.9. The van der Waals surface area contributed by atoms with Crippen molar-refractivity contribution in [3.63, 3.8) is 0 Å². The summed E-state index contributed by atoms with van der Waals surface area (Å²) >= 11 is 0. The highest BCUT2D eigenvalue weighted by atomic mass is 16.5. The molecule has 1 aliphatic heterocycles. The second-order valence-electron chi connectivity index (χ2n) is 6.50. The van der Waals surface area contributed by atoms with Crippen LogP contribution in [0.25, 0.3) is 0 Å². The number of aliphatic hydroxyl groups is 1. The Balaban J connectivity index is 1.65. The van der Waals surface area contributed by atoms with Gasteiger partial charge in [-0.1, -0.05) is 12.1 Å². The van der Waals surface area contributed by atoms with Crippen molar-refractivity contribution < 1.29 is 9.84 Å². The van der Waals surface area contributed by atoms with Gasteiger partial charge in [-0.05, 0) is 57.2 Å². The summed E-state index contributed by atoms with van der Waals surface area (Å²) in [6.45, 7) is 6.37. The molecule has 1 heterocycles. The minimum atomic E-state index is -0.663. The fraction of sp³-hybridized carbons (Fsp3) is 0.647. The number of rotatable bonds is 4. The molecule has 1 saturated heterocycles. The number of ether oxygens (including phenoxy) is 1. The van der Waals surface area contributed by atoms with Gasteiger partial charge in [0.25, 0.3) is 0 Å². The molecule has 1 saturated carbocycles. The van der Waals surface area contributed by atoms with Crippen molar-refractivity contribution in [2.75, 3.05) is 13.1 Å². The Morgan fingerprint density at radius 1 is 1.15 bits per heavy atom. The van der Waals surface area contributed by atoms with E-state index >= 15 is 0 Å². The van der Waals surface area contributed by atoms with Crippen molar-refractivity contribution in [2.45, 2.75) is 57.3 Å². The van der Waals surface area contributed by atoms with Gasteiger partial charge in [0.2, 0.25) is 0 Å². The summed E-state index contributed by atoms with van der Waals surface area (Å²) in [6, 6.07) is 8.63. The molecule has 2 fully saturated rings. The van der Waals surface area contributed by atoms with Crippen LogP contribution in [-0.2, 0) is 5.60 Å². The van der Waals surface area contributed by atoms with Crippen LogP contribution in [0.1, 0.15) is 45.1 Å². The third-order valence-electron chi connectivity index (χ3n) is 4.57. The molecule has 0 amide bonds. The first-order chi connectivity index (χ1) is 9.57. The zero-order valence-electron chi connectivity index (χ0n) is 12.5. The molecule has 1 N–H and O–H groups in total. The Bertz CT molecular complexity index is 443. The smallest absolute Gasteiger partial charge is 0.119 e. The monoisotopic (exact) mass is 275 g/mol. The largest absolute Gasteiger partial charge is 0.490 e. The standard InChI is InChI=1S/C17H25NO2/c1-13(2)18-11-9-17(19,10-12-18)14-3-5-15(6-4-14)20-16-7-8-16/h3-6,13,16,19H,7-12H2,1-2H3. The molecule has 2 aliphatic rings. The maximum atomic E-state index is 10.9. The average molecular weight is 275 g/mol. The van der Waals surface area contributed by atoms with E-state index < -0.39 is 5.60 Å². The van der Waals surface area contributed by atoms with E-state index in [0.29, 0.717) is 12.1 Å². The minimum Gasteiger partial charge on any atom is -0.490 e. The van der Waals surface area contributed by atoms with E-state index in [1.54, 1.807) is 0 Å². The van der Waals surface area contributed by atoms with Crippen LogP contribution in [0.2, 0.25) is 0 Å². The fourth-order valence-corrected chi connectivity index (χ4v) is 2.92. The summed E-state index contributed by atoms with van der Waals surface area (Å²) in [4.78, 5) is 2.43. The summed E-state index contributed by atoms with van der Waals surface area (Å²) in [7, 11) is 0. The zero-order valence-corrected chi connectivity index (χ0v) is 12.5. The van der Waals surface area contributed by atoms with Gasteiger partial charge in [0.05, 0.1) is 11.7 Å². The molecule has 0 bridgehead atoms. The van der Waals surface area contributed by atoms with Crippen LogP contribution >= 0.6 is 0 Å². The SMILES string of the molecule is CC(C)N1CCC(O)(c2ccc(OC3CC3)cc2)CC1. The van der Waals surface area contributed by atoms with Gasteiger partial charge in [0.1, 0.15) is 5.75 Å². The lowest BCUT2D eigenvalue weighted by Crippen LogP contribution is -2.45. The molecule has 3 nitrogen and oxygen atoms in total. The first-order valence-corrected chi connectivity index (χ1v) is 7.80. The van der Waals surface area contributed by atoms with Gasteiger partial charge in [-0.15, -0.1) is 0 Å². The molecule has 1 aromatic carbocycles. The van der Waals surface area contributed by atoms with Crippen LogP contribution in [0.3, 0.4) is 0 Å². The number of nitrogens with zero attached hydrogens (tertiary/aromatic N) is 1. The molecule has 0 radical (unpaired) electrons. The second-order valence-corrected chi connectivity index (χ2v) is 6.50. The van der Waals surface area contributed by atoms with Gasteiger partial charge in [-0.25, -0.2) is 0 Å². The molecule has 1 aromatic rings. The van der Waals surface area contributed by atoms with Crippen molar-refractivity contribution >= 4 is 0 Å². The zero-order chi connectivity index (χ0) is 14.2. The molecule has 0 unspecified atom stereocenters. The van der Waals surface area contributed by atoms with Crippen LogP contribution in [0.5, 0.6) is 5.75 Å². The predicted molar refractivity (Wildman–Crippen MR) is 79.9 cm³/mol. The number of hydrogen-bond donors (Lipinski definition) is 1. The maximum absolute atomic E-state index is 10.9. The van der Waals surface area contributed by atoms with Crippen LogP contribution < -0.4 is 4.74 Å². The maximum Gasteiger partial charge on any atom is 0.119 e. The van der Waals surface area contributed by atoms with Gasteiger partial charge >= 0.3 is 0 Å². The van der Waals surface area contributed by atoms with E-state index in [0.717, 1.165) is 37.2 Å². The van der Waals surface area contributed by atoms with Crippen LogP contribution in [0.15, 0.2) is 24.3 Å². The van der Waals surface area contributed by atoms with Gasteiger partial charge in [0, 0.05) is 19.1 Å². The molecule has 110 valence electrons. The highest BCUT2D eigenvalue weighted by Crippen LogP contribution is 2.35. The van der Waals surface area contributed by atoms with E-state index in [-0.39, 0.29) is 0 Å². The number of hydrogen-bond acceptors (Lipinski definition) is 3. The summed E-state index contributed by atoms with van der Waals surface area (Å²) in [5.74, 6) is 0.930. The highest BCUT2D eigenvalue weighted by Gasteiger charge is 2.34. The molecule has 0 spiro atoms. The van der Waals surface area contributed by atoms with Gasteiger partial charge in [0.15, 0.2) is 0 Å². The average Bonchev–Trinajstić information content (AvgIpc) is 3.24. The fourth-order valence-electron chi connectivity index (χ4n) is 2.92. The van der Waals surface area contributed by atoms with Crippen molar-refractivity contribution in [2.24, 2.45) is 0 Å². The third-order valence-corrected chi connectivity index (χ3v) is 4.57. The summed E-state index contributed by atoms with van der Waals surface area (Å²) in [6.07, 6.45) is 4.41. The molecular weight excluding hydrogens is 250 g/mol. The van der Waals surface area contributed by atoms with Crippen molar-refractivity contribution in [3.8, 4) is 5.75 Å². The van der Waals surface area contributed by atoms with Gasteiger partial charge in [-0.3, -0.25) is 0 Å². The Hall–Kier alpha value is -1.06. The van der Waals surface area contributed by atoms with E-state index in [4.69, 9.17) is 4.74 Å². The van der Waals surface area contributed by atoms with Crippen molar-refractivity contribution in [1.29, 1.82) is 0 Å². The first-order valence-electron chi connectivity index (χ1n) is 7.80. The predicted octanol–water partition coefficient (Wildman–Crippen LogP) is 2.92. The van der Waals surface area contributed by atoms with Crippen molar-refractivity contribution in [3.05, 3.63) is 29.8 Å². The van der Waals surface area contributed by atoms with Gasteiger partial charge in [-0.2, -0.15) is 0 Å². The lowest BCUT2D eigenvalue weighted by molar-refractivity contribution is -0.0324. The van der Waals surface area contributed by atoms with Crippen molar-refractivity contribution in [1.82, 2.24) is 4.90 Å². The minimum absolute atomic E-state index is 0.429. The lowest BCUT2D eigenvalue weighted by Gasteiger charge is -2.40. The molecule has 3 heteroatoms. The number of piperidine rings is 1. The summed E-state index contributed by atoms with van der Waals surface area (Å²) in [5, 5.41) is 10.9.